The van der Waals surface area contributed by atoms with E-state index in [1.807, 2.05) is 32.9 Å². The van der Waals surface area contributed by atoms with E-state index in [1.165, 1.54) is 5.56 Å². The molecule has 3 rings (SSSR count). The summed E-state index contributed by atoms with van der Waals surface area (Å²) >= 11 is 0. The quantitative estimate of drug-likeness (QED) is 0.703. The van der Waals surface area contributed by atoms with Crippen LogP contribution in [0.5, 0.6) is 0 Å². The average Bonchev–Trinajstić information content (AvgIpc) is 2.68. The molecule has 29 heavy (non-hydrogen) atoms. The van der Waals surface area contributed by atoms with Crippen LogP contribution in [0.25, 0.3) is 11.3 Å². The van der Waals surface area contributed by atoms with Crippen molar-refractivity contribution in [2.24, 2.45) is 11.3 Å². The van der Waals surface area contributed by atoms with Crippen LogP contribution in [0.4, 0.5) is 5.69 Å². The van der Waals surface area contributed by atoms with Crippen LogP contribution in [-0.4, -0.2) is 22.0 Å². The first-order valence-corrected chi connectivity index (χ1v) is 10.3. The van der Waals surface area contributed by atoms with E-state index >= 15 is 0 Å². The maximum atomic E-state index is 12.1. The van der Waals surface area contributed by atoms with Crippen molar-refractivity contribution < 1.29 is 14.7 Å². The summed E-state index contributed by atoms with van der Waals surface area (Å²) in [6.07, 6.45) is 6.07. The normalized spacial score (nSPS) is 19.6. The molecule has 0 atom stereocenters. The van der Waals surface area contributed by atoms with Gasteiger partial charge in [-0.05, 0) is 55.2 Å². The first-order chi connectivity index (χ1) is 13.7. The van der Waals surface area contributed by atoms with Crippen molar-refractivity contribution >= 4 is 17.6 Å². The molecule has 1 aliphatic carbocycles. The fourth-order valence-corrected chi connectivity index (χ4v) is 3.83. The number of aliphatic carboxylic acids is 1. The molecule has 1 amide bonds. The summed E-state index contributed by atoms with van der Waals surface area (Å²) in [6, 6.07) is 12.3. The van der Waals surface area contributed by atoms with Gasteiger partial charge in [0.1, 0.15) is 0 Å². The number of carbonyl (C=O) groups is 2. The Labute approximate surface area is 172 Å². The Bertz CT molecular complexity index is 843. The lowest BCUT2D eigenvalue weighted by atomic mass is 9.77. The standard InChI is InChI=1S/C24H30N2O3/c1-24(2,3)23(29)26-20-12-13-21(25-15-20)19-10-8-18(9-11-19)17-6-4-16(5-7-17)14-22(27)28/h8-13,15-17H,4-7,14H2,1-3H3,(H,26,29)(H,27,28)/t16-,17-. The van der Waals surface area contributed by atoms with Crippen LogP contribution in [0, 0.1) is 11.3 Å². The number of rotatable bonds is 5. The van der Waals surface area contributed by atoms with Gasteiger partial charge in [0.15, 0.2) is 0 Å². The molecule has 0 spiro atoms. The first kappa shape index (κ1) is 21.0. The van der Waals surface area contributed by atoms with Crippen molar-refractivity contribution in [2.75, 3.05) is 5.32 Å². The van der Waals surface area contributed by atoms with Crippen LogP contribution in [-0.2, 0) is 9.59 Å². The van der Waals surface area contributed by atoms with Crippen molar-refractivity contribution in [3.8, 4) is 11.3 Å². The zero-order chi connectivity index (χ0) is 21.0. The predicted octanol–water partition coefficient (Wildman–Crippen LogP) is 5.48. The van der Waals surface area contributed by atoms with Gasteiger partial charge in [0, 0.05) is 17.4 Å². The molecule has 1 saturated carbocycles. The number of carboxylic acids is 1. The number of anilines is 1. The summed E-state index contributed by atoms with van der Waals surface area (Å²) in [5.74, 6) is 0.116. The van der Waals surface area contributed by atoms with E-state index in [1.54, 1.807) is 6.20 Å². The van der Waals surface area contributed by atoms with Crippen LogP contribution in [0.2, 0.25) is 0 Å². The molecule has 1 fully saturated rings. The summed E-state index contributed by atoms with van der Waals surface area (Å²) in [5.41, 5.74) is 3.49. The summed E-state index contributed by atoms with van der Waals surface area (Å²) < 4.78 is 0. The number of benzene rings is 1. The lowest BCUT2D eigenvalue weighted by Crippen LogP contribution is -2.27. The summed E-state index contributed by atoms with van der Waals surface area (Å²) in [6.45, 7) is 5.64. The largest absolute Gasteiger partial charge is 0.481 e. The van der Waals surface area contributed by atoms with E-state index in [0.717, 1.165) is 36.9 Å². The number of hydrogen-bond acceptors (Lipinski definition) is 3. The fraction of sp³-hybridized carbons (Fsp3) is 0.458. The highest BCUT2D eigenvalue weighted by Gasteiger charge is 2.24. The van der Waals surface area contributed by atoms with Gasteiger partial charge < -0.3 is 10.4 Å². The zero-order valence-corrected chi connectivity index (χ0v) is 17.4. The third kappa shape index (κ3) is 5.66. The number of carboxylic acid groups (broad SMARTS) is 1. The van der Waals surface area contributed by atoms with Gasteiger partial charge in [-0.15, -0.1) is 0 Å². The molecule has 1 aromatic carbocycles. The van der Waals surface area contributed by atoms with Crippen LogP contribution >= 0.6 is 0 Å². The lowest BCUT2D eigenvalue weighted by molar-refractivity contribution is -0.138. The molecule has 0 unspecified atom stereocenters. The molecule has 0 bridgehead atoms. The minimum absolute atomic E-state index is 0.0329. The maximum absolute atomic E-state index is 12.1. The molecule has 1 aliphatic rings. The minimum Gasteiger partial charge on any atom is -0.481 e. The molecule has 0 saturated heterocycles. The molecule has 2 N–H and O–H groups in total. The lowest BCUT2D eigenvalue weighted by Gasteiger charge is -2.28. The van der Waals surface area contributed by atoms with Gasteiger partial charge in [0.05, 0.1) is 17.6 Å². The number of carbonyl (C=O) groups excluding carboxylic acids is 1. The monoisotopic (exact) mass is 394 g/mol. The molecule has 1 aromatic heterocycles. The molecule has 2 aromatic rings. The second kappa shape index (κ2) is 8.76. The van der Waals surface area contributed by atoms with Gasteiger partial charge in [-0.1, -0.05) is 45.0 Å². The van der Waals surface area contributed by atoms with Crippen molar-refractivity contribution in [1.82, 2.24) is 4.98 Å². The number of amides is 1. The van der Waals surface area contributed by atoms with E-state index in [4.69, 9.17) is 5.11 Å². The predicted molar refractivity (Wildman–Crippen MR) is 115 cm³/mol. The molecule has 154 valence electrons. The SMILES string of the molecule is CC(C)(C)C(=O)Nc1ccc(-c2ccc([C@H]3CC[C@H](CC(=O)O)CC3)cc2)nc1. The Kier molecular flexibility index (Phi) is 6.36. The molecular formula is C24H30N2O3. The maximum Gasteiger partial charge on any atom is 0.303 e. The van der Waals surface area contributed by atoms with Crippen LogP contribution in [0.3, 0.4) is 0 Å². The Morgan fingerprint density at radius 3 is 2.21 bits per heavy atom. The number of hydrogen-bond donors (Lipinski definition) is 2. The third-order valence-corrected chi connectivity index (χ3v) is 5.69. The molecule has 1 heterocycles. The highest BCUT2D eigenvalue weighted by Crippen LogP contribution is 2.37. The number of pyridine rings is 1. The van der Waals surface area contributed by atoms with E-state index in [2.05, 4.69) is 34.6 Å². The van der Waals surface area contributed by atoms with Crippen molar-refractivity contribution in [3.05, 3.63) is 48.2 Å². The van der Waals surface area contributed by atoms with E-state index < -0.39 is 11.4 Å². The fourth-order valence-electron chi connectivity index (χ4n) is 3.83. The molecular weight excluding hydrogens is 364 g/mol. The molecule has 5 heteroatoms. The van der Waals surface area contributed by atoms with Crippen molar-refractivity contribution in [2.45, 2.75) is 58.8 Å². The van der Waals surface area contributed by atoms with E-state index in [9.17, 15) is 9.59 Å². The highest BCUT2D eigenvalue weighted by atomic mass is 16.4. The number of nitrogens with zero attached hydrogens (tertiary/aromatic N) is 1. The Morgan fingerprint density at radius 1 is 1.03 bits per heavy atom. The van der Waals surface area contributed by atoms with Gasteiger partial charge in [0.25, 0.3) is 0 Å². The second-order valence-electron chi connectivity index (χ2n) is 9.07. The smallest absolute Gasteiger partial charge is 0.303 e. The van der Waals surface area contributed by atoms with E-state index in [-0.39, 0.29) is 5.91 Å². The average molecular weight is 395 g/mol. The number of aromatic nitrogens is 1. The van der Waals surface area contributed by atoms with Crippen LogP contribution in [0.1, 0.15) is 64.4 Å². The topological polar surface area (TPSA) is 79.3 Å². The second-order valence-corrected chi connectivity index (χ2v) is 9.07. The Morgan fingerprint density at radius 2 is 1.69 bits per heavy atom. The summed E-state index contributed by atoms with van der Waals surface area (Å²) in [7, 11) is 0. The summed E-state index contributed by atoms with van der Waals surface area (Å²) in [4.78, 5) is 27.5. The van der Waals surface area contributed by atoms with Gasteiger partial charge in [0.2, 0.25) is 5.91 Å². The van der Waals surface area contributed by atoms with Gasteiger partial charge in [-0.25, -0.2) is 0 Å². The Balaban J connectivity index is 1.60. The molecule has 5 nitrogen and oxygen atoms in total. The summed E-state index contributed by atoms with van der Waals surface area (Å²) in [5, 5.41) is 11.8. The molecule has 0 aliphatic heterocycles. The van der Waals surface area contributed by atoms with Crippen LogP contribution < -0.4 is 5.32 Å². The van der Waals surface area contributed by atoms with Gasteiger partial charge in [-0.2, -0.15) is 0 Å². The zero-order valence-electron chi connectivity index (χ0n) is 17.4. The third-order valence-electron chi connectivity index (χ3n) is 5.69. The molecule has 0 radical (unpaired) electrons. The van der Waals surface area contributed by atoms with E-state index in [0.29, 0.717) is 23.9 Å². The van der Waals surface area contributed by atoms with Gasteiger partial charge in [-0.3, -0.25) is 14.6 Å². The highest BCUT2D eigenvalue weighted by molar-refractivity contribution is 5.94. The Hall–Kier alpha value is -2.69. The van der Waals surface area contributed by atoms with Gasteiger partial charge >= 0.3 is 5.97 Å². The minimum atomic E-state index is -0.686. The number of nitrogens with one attached hydrogen (secondary N) is 1. The van der Waals surface area contributed by atoms with Crippen molar-refractivity contribution in [3.63, 3.8) is 0 Å². The van der Waals surface area contributed by atoms with Crippen LogP contribution in [0.15, 0.2) is 42.6 Å². The first-order valence-electron chi connectivity index (χ1n) is 10.3. The van der Waals surface area contributed by atoms with Crippen molar-refractivity contribution in [1.29, 1.82) is 0 Å².